The summed E-state index contributed by atoms with van der Waals surface area (Å²) in [6.45, 7) is 5.42. The first kappa shape index (κ1) is 17.3. The van der Waals surface area contributed by atoms with E-state index >= 15 is 0 Å². The monoisotopic (exact) mass is 358 g/mol. The van der Waals surface area contributed by atoms with Gasteiger partial charge in [0.2, 0.25) is 5.95 Å². The van der Waals surface area contributed by atoms with Gasteiger partial charge in [-0.2, -0.15) is 0 Å². The lowest BCUT2D eigenvalue weighted by Crippen LogP contribution is -2.37. The van der Waals surface area contributed by atoms with Crippen molar-refractivity contribution in [3.05, 3.63) is 23.8 Å². The topological polar surface area (TPSA) is 59.8 Å². The zero-order valence-electron chi connectivity index (χ0n) is 15.5. The first-order chi connectivity index (χ1) is 12.7. The molecule has 0 N–H and O–H groups in total. The van der Waals surface area contributed by atoms with Crippen LogP contribution in [0.1, 0.15) is 16.8 Å². The van der Waals surface area contributed by atoms with E-state index in [4.69, 9.17) is 14.5 Å². The molecule has 0 spiro atoms. The minimum atomic E-state index is 0.0871. The van der Waals surface area contributed by atoms with Gasteiger partial charge in [-0.25, -0.2) is 4.98 Å². The predicted octanol–water partition coefficient (Wildman–Crippen LogP) is 1.52. The molecule has 1 aromatic heterocycles. The van der Waals surface area contributed by atoms with E-state index in [0.29, 0.717) is 18.1 Å². The number of hydrogen-bond acceptors (Lipinski definition) is 5. The van der Waals surface area contributed by atoms with Gasteiger partial charge in [-0.15, -0.1) is 0 Å². The Hall–Kier alpha value is -2.12. The van der Waals surface area contributed by atoms with E-state index < -0.39 is 0 Å². The Morgan fingerprint density at radius 2 is 2.12 bits per heavy atom. The molecule has 4 rings (SSSR count). The molecule has 3 heterocycles. The number of ether oxygens (including phenoxy) is 2. The molecule has 1 atom stereocenters. The summed E-state index contributed by atoms with van der Waals surface area (Å²) in [5.41, 5.74) is 2.62. The Morgan fingerprint density at radius 1 is 1.31 bits per heavy atom. The summed E-state index contributed by atoms with van der Waals surface area (Å²) < 4.78 is 12.8. The number of morpholine rings is 1. The molecule has 0 aliphatic carbocycles. The van der Waals surface area contributed by atoms with Gasteiger partial charge in [0.25, 0.3) is 5.91 Å². The van der Waals surface area contributed by atoms with Crippen molar-refractivity contribution < 1.29 is 14.3 Å². The quantitative estimate of drug-likeness (QED) is 0.829. The zero-order valence-corrected chi connectivity index (χ0v) is 15.5. The second kappa shape index (κ2) is 7.25. The molecular weight excluding hydrogens is 332 g/mol. The highest BCUT2D eigenvalue weighted by Gasteiger charge is 2.27. The fraction of sp³-hybridized carbons (Fsp3) is 0.579. The number of methoxy groups -OCH3 is 1. The van der Waals surface area contributed by atoms with Crippen LogP contribution < -0.4 is 4.90 Å². The number of fused-ring (bicyclic) bond motifs is 1. The number of likely N-dealkylation sites (tertiary alicyclic amines) is 1. The highest BCUT2D eigenvalue weighted by Crippen LogP contribution is 2.25. The van der Waals surface area contributed by atoms with E-state index in [2.05, 4.69) is 9.47 Å². The van der Waals surface area contributed by atoms with Crippen molar-refractivity contribution in [1.82, 2.24) is 14.5 Å². The largest absolute Gasteiger partial charge is 0.384 e. The second-order valence-electron chi connectivity index (χ2n) is 7.13. The predicted molar refractivity (Wildman–Crippen MR) is 99.6 cm³/mol. The van der Waals surface area contributed by atoms with Gasteiger partial charge in [-0.1, -0.05) is 0 Å². The number of rotatable bonds is 4. The Balaban J connectivity index is 1.56. The van der Waals surface area contributed by atoms with Crippen molar-refractivity contribution in [2.24, 2.45) is 13.0 Å². The van der Waals surface area contributed by atoms with Gasteiger partial charge in [0.15, 0.2) is 0 Å². The summed E-state index contributed by atoms with van der Waals surface area (Å²) in [6, 6.07) is 5.84. The van der Waals surface area contributed by atoms with Crippen LogP contribution in [-0.4, -0.2) is 73.5 Å². The van der Waals surface area contributed by atoms with E-state index in [-0.39, 0.29) is 5.91 Å². The Bertz CT molecular complexity index is 797. The van der Waals surface area contributed by atoms with E-state index in [9.17, 15) is 4.79 Å². The van der Waals surface area contributed by atoms with Crippen LogP contribution in [0.2, 0.25) is 0 Å². The van der Waals surface area contributed by atoms with Crippen LogP contribution in [0.4, 0.5) is 5.95 Å². The lowest BCUT2D eigenvalue weighted by atomic mass is 10.1. The summed E-state index contributed by atoms with van der Waals surface area (Å²) in [4.78, 5) is 21.8. The maximum absolute atomic E-state index is 12.9. The maximum atomic E-state index is 12.9. The van der Waals surface area contributed by atoms with E-state index in [1.807, 2.05) is 30.1 Å². The average molecular weight is 358 g/mol. The van der Waals surface area contributed by atoms with Crippen molar-refractivity contribution in [3.63, 3.8) is 0 Å². The fourth-order valence-corrected chi connectivity index (χ4v) is 3.94. The van der Waals surface area contributed by atoms with E-state index in [1.165, 1.54) is 0 Å². The minimum absolute atomic E-state index is 0.0871. The van der Waals surface area contributed by atoms with Gasteiger partial charge in [-0.3, -0.25) is 4.79 Å². The molecule has 0 saturated carbocycles. The molecule has 1 aromatic carbocycles. The SMILES string of the molecule is COC[C@@H]1CCN(C(=O)c2ccc3c(c2)nc(N2CCOCC2)n3C)C1. The van der Waals surface area contributed by atoms with Crippen molar-refractivity contribution >= 4 is 22.9 Å². The molecule has 26 heavy (non-hydrogen) atoms. The zero-order chi connectivity index (χ0) is 18.1. The van der Waals surface area contributed by atoms with Gasteiger partial charge in [0, 0.05) is 51.8 Å². The molecule has 140 valence electrons. The summed E-state index contributed by atoms with van der Waals surface area (Å²) in [6.07, 6.45) is 1.01. The summed E-state index contributed by atoms with van der Waals surface area (Å²) in [7, 11) is 3.74. The third-order valence-corrected chi connectivity index (χ3v) is 5.37. The fourth-order valence-electron chi connectivity index (χ4n) is 3.94. The van der Waals surface area contributed by atoms with Crippen molar-refractivity contribution in [2.75, 3.05) is 58.0 Å². The number of anilines is 1. The van der Waals surface area contributed by atoms with Gasteiger partial charge in [-0.05, 0) is 24.6 Å². The number of nitrogens with zero attached hydrogens (tertiary/aromatic N) is 4. The van der Waals surface area contributed by atoms with Crippen molar-refractivity contribution in [3.8, 4) is 0 Å². The van der Waals surface area contributed by atoms with E-state index in [0.717, 1.165) is 62.8 Å². The van der Waals surface area contributed by atoms with Gasteiger partial charge < -0.3 is 23.8 Å². The lowest BCUT2D eigenvalue weighted by molar-refractivity contribution is 0.0775. The average Bonchev–Trinajstić information content (AvgIpc) is 3.27. The molecule has 7 nitrogen and oxygen atoms in total. The molecular formula is C19H26N4O3. The van der Waals surface area contributed by atoms with Crippen LogP contribution in [0.15, 0.2) is 18.2 Å². The molecule has 2 aliphatic heterocycles. The lowest BCUT2D eigenvalue weighted by Gasteiger charge is -2.27. The number of carbonyl (C=O) groups excluding carboxylic acids is 1. The maximum Gasteiger partial charge on any atom is 0.253 e. The summed E-state index contributed by atoms with van der Waals surface area (Å²) in [5, 5.41) is 0. The van der Waals surface area contributed by atoms with Crippen LogP contribution in [0.3, 0.4) is 0 Å². The first-order valence-corrected chi connectivity index (χ1v) is 9.24. The molecule has 2 saturated heterocycles. The highest BCUT2D eigenvalue weighted by atomic mass is 16.5. The number of carbonyl (C=O) groups is 1. The smallest absolute Gasteiger partial charge is 0.253 e. The second-order valence-corrected chi connectivity index (χ2v) is 7.13. The Kier molecular flexibility index (Phi) is 4.82. The molecule has 1 amide bonds. The molecule has 2 aliphatic rings. The number of benzene rings is 1. The molecule has 0 radical (unpaired) electrons. The summed E-state index contributed by atoms with van der Waals surface area (Å²) >= 11 is 0. The number of aromatic nitrogens is 2. The van der Waals surface area contributed by atoms with Gasteiger partial charge in [0.1, 0.15) is 0 Å². The number of imidazole rings is 1. The Labute approximate surface area is 153 Å². The number of amides is 1. The van der Waals surface area contributed by atoms with E-state index in [1.54, 1.807) is 7.11 Å². The molecule has 0 bridgehead atoms. The number of aryl methyl sites for hydroxylation is 1. The number of hydrogen-bond donors (Lipinski definition) is 0. The van der Waals surface area contributed by atoms with Gasteiger partial charge in [0.05, 0.1) is 30.9 Å². The normalized spacial score (nSPS) is 20.9. The third-order valence-electron chi connectivity index (χ3n) is 5.37. The summed E-state index contributed by atoms with van der Waals surface area (Å²) in [5.74, 6) is 1.47. The first-order valence-electron chi connectivity index (χ1n) is 9.24. The van der Waals surface area contributed by atoms with Crippen LogP contribution in [-0.2, 0) is 16.5 Å². The van der Waals surface area contributed by atoms with Crippen molar-refractivity contribution in [1.29, 1.82) is 0 Å². The van der Waals surface area contributed by atoms with Crippen LogP contribution in [0.5, 0.6) is 0 Å². The molecule has 2 fully saturated rings. The van der Waals surface area contributed by atoms with Crippen LogP contribution in [0, 0.1) is 5.92 Å². The van der Waals surface area contributed by atoms with Crippen LogP contribution >= 0.6 is 0 Å². The minimum Gasteiger partial charge on any atom is -0.384 e. The molecule has 7 heteroatoms. The molecule has 0 unspecified atom stereocenters. The third kappa shape index (κ3) is 3.17. The molecule has 2 aromatic rings. The standard InChI is InChI=1S/C19H26N4O3/c1-21-17-4-3-15(18(24)23-6-5-14(12-23)13-25-2)11-16(17)20-19(21)22-7-9-26-10-8-22/h3-4,11,14H,5-10,12-13H2,1-2H3/t14-/m1/s1. The highest BCUT2D eigenvalue weighted by molar-refractivity contribution is 5.98. The Morgan fingerprint density at radius 3 is 2.88 bits per heavy atom. The van der Waals surface area contributed by atoms with Crippen LogP contribution in [0.25, 0.3) is 11.0 Å². The van der Waals surface area contributed by atoms with Gasteiger partial charge >= 0.3 is 0 Å². The van der Waals surface area contributed by atoms with Crippen molar-refractivity contribution in [2.45, 2.75) is 6.42 Å².